The molecule has 6 heteroatoms. The van der Waals surface area contributed by atoms with Crippen molar-refractivity contribution < 1.29 is 9.47 Å². The molecule has 0 atom stereocenters. The van der Waals surface area contributed by atoms with Crippen LogP contribution in [0.4, 0.5) is 0 Å². The molecule has 0 saturated heterocycles. The standard InChI is InChI=1S/C18H17N3O2S/c1-22-15-9-13(10-16(11-15)23-2)12-24-18-4-3-17(20-21-18)14-5-7-19-8-6-14/h3-11H,12H2,1-2H3. The number of nitrogens with zero attached hydrogens (tertiary/aromatic N) is 3. The Morgan fingerprint density at radius 2 is 1.58 bits per heavy atom. The van der Waals surface area contributed by atoms with Crippen LogP contribution in [0.15, 0.2) is 59.9 Å². The number of thioether (sulfide) groups is 1. The third-order valence-electron chi connectivity index (χ3n) is 3.41. The van der Waals surface area contributed by atoms with Crippen LogP contribution in [0.3, 0.4) is 0 Å². The highest BCUT2D eigenvalue weighted by atomic mass is 32.2. The van der Waals surface area contributed by atoms with E-state index in [9.17, 15) is 0 Å². The van der Waals surface area contributed by atoms with Gasteiger partial charge in [-0.25, -0.2) is 0 Å². The number of methoxy groups -OCH3 is 2. The van der Waals surface area contributed by atoms with Crippen LogP contribution in [0.1, 0.15) is 5.56 Å². The maximum atomic E-state index is 5.29. The molecule has 0 fully saturated rings. The van der Waals surface area contributed by atoms with E-state index in [1.807, 2.05) is 42.5 Å². The summed E-state index contributed by atoms with van der Waals surface area (Å²) in [6.07, 6.45) is 3.49. The molecule has 0 spiro atoms. The molecule has 5 nitrogen and oxygen atoms in total. The Kier molecular flexibility index (Phi) is 5.28. The summed E-state index contributed by atoms with van der Waals surface area (Å²) in [5.41, 5.74) is 2.95. The highest BCUT2D eigenvalue weighted by Gasteiger charge is 2.05. The molecule has 0 saturated carbocycles. The van der Waals surface area contributed by atoms with Crippen molar-refractivity contribution in [2.24, 2.45) is 0 Å². The van der Waals surface area contributed by atoms with E-state index in [4.69, 9.17) is 9.47 Å². The summed E-state index contributed by atoms with van der Waals surface area (Å²) in [5.74, 6) is 2.32. The minimum atomic E-state index is 0.761. The molecule has 2 aromatic heterocycles. The molecule has 1 aromatic carbocycles. The molecule has 0 bridgehead atoms. The molecular weight excluding hydrogens is 322 g/mol. The number of hydrogen-bond acceptors (Lipinski definition) is 6. The van der Waals surface area contributed by atoms with Gasteiger partial charge < -0.3 is 9.47 Å². The fourth-order valence-electron chi connectivity index (χ4n) is 2.18. The van der Waals surface area contributed by atoms with Crippen LogP contribution in [0.25, 0.3) is 11.3 Å². The van der Waals surface area contributed by atoms with Crippen molar-refractivity contribution in [3.05, 3.63) is 60.4 Å². The van der Waals surface area contributed by atoms with Crippen LogP contribution in [0.5, 0.6) is 11.5 Å². The van der Waals surface area contributed by atoms with Crippen LogP contribution in [0.2, 0.25) is 0 Å². The Morgan fingerprint density at radius 3 is 2.17 bits per heavy atom. The van der Waals surface area contributed by atoms with Gasteiger partial charge in [-0.2, -0.15) is 0 Å². The molecule has 3 aromatic rings. The van der Waals surface area contributed by atoms with Crippen molar-refractivity contribution in [2.45, 2.75) is 10.8 Å². The van der Waals surface area contributed by atoms with Crippen LogP contribution >= 0.6 is 11.8 Å². The van der Waals surface area contributed by atoms with Gasteiger partial charge >= 0.3 is 0 Å². The van der Waals surface area contributed by atoms with Gasteiger partial charge in [0.05, 0.1) is 19.9 Å². The van der Waals surface area contributed by atoms with Crippen molar-refractivity contribution in [3.63, 3.8) is 0 Å². The van der Waals surface area contributed by atoms with Gasteiger partial charge in [0.15, 0.2) is 0 Å². The Hall–Kier alpha value is -2.60. The summed E-state index contributed by atoms with van der Waals surface area (Å²) in [7, 11) is 3.30. The fourth-order valence-corrected chi connectivity index (χ4v) is 2.92. The van der Waals surface area contributed by atoms with Crippen LogP contribution in [-0.4, -0.2) is 29.4 Å². The van der Waals surface area contributed by atoms with Gasteiger partial charge in [0.2, 0.25) is 0 Å². The zero-order valence-electron chi connectivity index (χ0n) is 13.5. The van der Waals surface area contributed by atoms with Crippen LogP contribution in [0, 0.1) is 0 Å². The molecule has 0 aliphatic rings. The van der Waals surface area contributed by atoms with Crippen molar-refractivity contribution >= 4 is 11.8 Å². The number of aromatic nitrogens is 3. The summed E-state index contributed by atoms with van der Waals surface area (Å²) >= 11 is 1.62. The highest BCUT2D eigenvalue weighted by molar-refractivity contribution is 7.98. The Morgan fingerprint density at radius 1 is 0.875 bits per heavy atom. The van der Waals surface area contributed by atoms with Gasteiger partial charge in [0.25, 0.3) is 0 Å². The number of pyridine rings is 1. The number of hydrogen-bond donors (Lipinski definition) is 0. The number of ether oxygens (including phenoxy) is 2. The zero-order chi connectivity index (χ0) is 16.8. The van der Waals surface area contributed by atoms with Gasteiger partial charge in [-0.1, -0.05) is 11.8 Å². The Balaban J connectivity index is 1.69. The largest absolute Gasteiger partial charge is 0.497 e. The third-order valence-corrected chi connectivity index (χ3v) is 4.41. The smallest absolute Gasteiger partial charge is 0.122 e. The summed E-state index contributed by atoms with van der Waals surface area (Å²) < 4.78 is 10.6. The Labute approximate surface area is 145 Å². The van der Waals surface area contributed by atoms with Gasteiger partial charge in [-0.05, 0) is 42.0 Å². The summed E-state index contributed by atoms with van der Waals surface area (Å²) in [6.45, 7) is 0. The first-order chi connectivity index (χ1) is 11.8. The topological polar surface area (TPSA) is 57.1 Å². The Bertz CT molecular complexity index is 773. The van der Waals surface area contributed by atoms with Gasteiger partial charge in [0.1, 0.15) is 16.5 Å². The number of benzene rings is 1. The molecule has 0 aliphatic heterocycles. The average Bonchev–Trinajstić information content (AvgIpc) is 2.67. The maximum absolute atomic E-state index is 5.29. The first kappa shape index (κ1) is 16.3. The lowest BCUT2D eigenvalue weighted by Gasteiger charge is -2.08. The molecule has 0 N–H and O–H groups in total. The second-order valence-corrected chi connectivity index (χ2v) is 6.00. The average molecular weight is 339 g/mol. The lowest BCUT2D eigenvalue weighted by Crippen LogP contribution is -1.92. The molecule has 24 heavy (non-hydrogen) atoms. The van der Waals surface area contributed by atoms with Gasteiger partial charge in [0, 0.05) is 29.8 Å². The van der Waals surface area contributed by atoms with E-state index in [2.05, 4.69) is 15.2 Å². The van der Waals surface area contributed by atoms with Crippen molar-refractivity contribution in [3.8, 4) is 22.8 Å². The van der Waals surface area contributed by atoms with Gasteiger partial charge in [-0.15, -0.1) is 10.2 Å². The third kappa shape index (κ3) is 4.02. The molecule has 2 heterocycles. The van der Waals surface area contributed by atoms with Crippen molar-refractivity contribution in [1.82, 2.24) is 15.2 Å². The van der Waals surface area contributed by atoms with Crippen LogP contribution < -0.4 is 9.47 Å². The van der Waals surface area contributed by atoms with Crippen molar-refractivity contribution in [1.29, 1.82) is 0 Å². The zero-order valence-corrected chi connectivity index (χ0v) is 14.3. The minimum absolute atomic E-state index is 0.761. The summed E-state index contributed by atoms with van der Waals surface area (Å²) in [6, 6.07) is 13.6. The van der Waals surface area contributed by atoms with E-state index < -0.39 is 0 Å². The summed E-state index contributed by atoms with van der Waals surface area (Å²) in [4.78, 5) is 4.01. The molecule has 0 amide bonds. The molecule has 0 unspecified atom stereocenters. The lowest BCUT2D eigenvalue weighted by molar-refractivity contribution is 0.393. The van der Waals surface area contributed by atoms with Gasteiger partial charge in [-0.3, -0.25) is 4.98 Å². The van der Waals surface area contributed by atoms with Crippen molar-refractivity contribution in [2.75, 3.05) is 14.2 Å². The van der Waals surface area contributed by atoms with E-state index in [-0.39, 0.29) is 0 Å². The minimum Gasteiger partial charge on any atom is -0.497 e. The van der Waals surface area contributed by atoms with E-state index >= 15 is 0 Å². The van der Waals surface area contributed by atoms with E-state index in [1.165, 1.54) is 0 Å². The first-order valence-corrected chi connectivity index (χ1v) is 8.36. The molecule has 0 aliphatic carbocycles. The van der Waals surface area contributed by atoms with E-state index in [0.717, 1.165) is 39.1 Å². The highest BCUT2D eigenvalue weighted by Crippen LogP contribution is 2.28. The SMILES string of the molecule is COc1cc(CSc2ccc(-c3ccncc3)nn2)cc(OC)c1. The van der Waals surface area contributed by atoms with Crippen LogP contribution in [-0.2, 0) is 5.75 Å². The lowest BCUT2D eigenvalue weighted by atomic mass is 10.2. The molecule has 122 valence electrons. The second-order valence-electron chi connectivity index (χ2n) is 5.00. The normalized spacial score (nSPS) is 10.4. The molecule has 3 rings (SSSR count). The molecule has 0 radical (unpaired) electrons. The number of rotatable bonds is 6. The van der Waals surface area contributed by atoms with E-state index in [1.54, 1.807) is 38.4 Å². The van der Waals surface area contributed by atoms with E-state index in [0.29, 0.717) is 0 Å². The monoisotopic (exact) mass is 339 g/mol. The summed E-state index contributed by atoms with van der Waals surface area (Å²) in [5, 5.41) is 9.44. The quantitative estimate of drug-likeness (QED) is 0.636. The molecular formula is C18H17N3O2S. The second kappa shape index (κ2) is 7.79. The maximum Gasteiger partial charge on any atom is 0.122 e. The fraction of sp³-hybridized carbons (Fsp3) is 0.167. The first-order valence-electron chi connectivity index (χ1n) is 7.37. The predicted molar refractivity (Wildman–Crippen MR) is 94.4 cm³/mol. The predicted octanol–water partition coefficient (Wildman–Crippen LogP) is 3.85.